The molecule has 1 amide bonds. The minimum atomic E-state index is -0.541. The smallest absolute Gasteiger partial charge is 0.348 e. The largest absolute Gasteiger partial charge is 0.451 e. The quantitative estimate of drug-likeness (QED) is 0.561. The van der Waals surface area contributed by atoms with E-state index >= 15 is 0 Å². The number of halogens is 1. The van der Waals surface area contributed by atoms with Crippen molar-refractivity contribution in [3.63, 3.8) is 0 Å². The van der Waals surface area contributed by atoms with Gasteiger partial charge in [0.05, 0.1) is 23.2 Å². The number of nitrogens with one attached hydrogen (secondary N) is 1. The third-order valence-electron chi connectivity index (χ3n) is 4.63. The van der Waals surface area contributed by atoms with Gasteiger partial charge < -0.3 is 19.7 Å². The van der Waals surface area contributed by atoms with E-state index in [1.807, 2.05) is 36.4 Å². The van der Waals surface area contributed by atoms with Crippen LogP contribution in [0.5, 0.6) is 0 Å². The van der Waals surface area contributed by atoms with Crippen molar-refractivity contribution in [2.45, 2.75) is 0 Å². The molecule has 0 spiro atoms. The molecule has 31 heavy (non-hydrogen) atoms. The number of carbonyl (C=O) groups excluding carboxylic acids is 2. The Labute approximate surface area is 188 Å². The minimum absolute atomic E-state index is 0.336. The molecule has 0 bridgehead atoms. The number of anilines is 2. The SMILES string of the molecule is O=C(COC(=O)c1cc(-c2ccccc2)c(N2CCOCC2)s1)Nc1ccc(Cl)cn1. The van der Waals surface area contributed by atoms with Gasteiger partial charge in [0.15, 0.2) is 6.61 Å². The minimum Gasteiger partial charge on any atom is -0.451 e. The zero-order chi connectivity index (χ0) is 21.6. The third-order valence-corrected chi connectivity index (χ3v) is 6.03. The van der Waals surface area contributed by atoms with Crippen molar-refractivity contribution in [2.75, 3.05) is 43.1 Å². The zero-order valence-electron chi connectivity index (χ0n) is 16.5. The Morgan fingerprint density at radius 2 is 1.94 bits per heavy atom. The summed E-state index contributed by atoms with van der Waals surface area (Å²) in [6, 6.07) is 14.9. The van der Waals surface area contributed by atoms with E-state index in [2.05, 4.69) is 15.2 Å². The number of hydrogen-bond donors (Lipinski definition) is 1. The van der Waals surface area contributed by atoms with E-state index in [1.165, 1.54) is 17.5 Å². The molecule has 1 aromatic carbocycles. The van der Waals surface area contributed by atoms with Crippen molar-refractivity contribution in [3.8, 4) is 11.1 Å². The number of ether oxygens (including phenoxy) is 2. The molecule has 1 fully saturated rings. The van der Waals surface area contributed by atoms with Crippen LogP contribution >= 0.6 is 22.9 Å². The maximum atomic E-state index is 12.7. The molecule has 3 heterocycles. The fourth-order valence-electron chi connectivity index (χ4n) is 3.14. The van der Waals surface area contributed by atoms with Crippen LogP contribution in [0.25, 0.3) is 11.1 Å². The molecule has 7 nitrogen and oxygen atoms in total. The van der Waals surface area contributed by atoms with Gasteiger partial charge in [-0.2, -0.15) is 0 Å². The van der Waals surface area contributed by atoms with E-state index in [0.717, 1.165) is 29.2 Å². The predicted molar refractivity (Wildman–Crippen MR) is 121 cm³/mol. The molecule has 1 aliphatic rings. The Kier molecular flexibility index (Phi) is 6.81. The number of morpholine rings is 1. The summed E-state index contributed by atoms with van der Waals surface area (Å²) in [5.41, 5.74) is 1.99. The summed E-state index contributed by atoms with van der Waals surface area (Å²) in [6.45, 7) is 2.39. The van der Waals surface area contributed by atoms with E-state index in [-0.39, 0.29) is 0 Å². The first-order valence-electron chi connectivity index (χ1n) is 9.70. The average Bonchev–Trinajstić information content (AvgIpc) is 3.26. The molecule has 0 saturated carbocycles. The molecule has 1 saturated heterocycles. The molecule has 1 N–H and O–H groups in total. The van der Waals surface area contributed by atoms with Crippen LogP contribution in [0.2, 0.25) is 5.02 Å². The molecule has 0 aliphatic carbocycles. The highest BCUT2D eigenvalue weighted by Gasteiger charge is 2.23. The molecule has 2 aromatic heterocycles. The number of nitrogens with zero attached hydrogens (tertiary/aromatic N) is 2. The number of aromatic nitrogens is 1. The highest BCUT2D eigenvalue weighted by atomic mass is 35.5. The van der Waals surface area contributed by atoms with Gasteiger partial charge in [0, 0.05) is 24.8 Å². The van der Waals surface area contributed by atoms with Crippen LogP contribution in [-0.2, 0) is 14.3 Å². The van der Waals surface area contributed by atoms with Crippen LogP contribution in [0.4, 0.5) is 10.8 Å². The number of esters is 1. The number of thiophene rings is 1. The lowest BCUT2D eigenvalue weighted by molar-refractivity contribution is -0.119. The van der Waals surface area contributed by atoms with Gasteiger partial charge in [0.1, 0.15) is 10.7 Å². The third kappa shape index (κ3) is 5.41. The number of pyridine rings is 1. The highest BCUT2D eigenvalue weighted by molar-refractivity contribution is 7.18. The van der Waals surface area contributed by atoms with Crippen molar-refractivity contribution in [3.05, 3.63) is 64.6 Å². The van der Waals surface area contributed by atoms with E-state index in [0.29, 0.717) is 28.9 Å². The van der Waals surface area contributed by atoms with Crippen LogP contribution in [0.3, 0.4) is 0 Å². The van der Waals surface area contributed by atoms with Crippen molar-refractivity contribution < 1.29 is 19.1 Å². The van der Waals surface area contributed by atoms with E-state index < -0.39 is 18.5 Å². The fraction of sp³-hybridized carbons (Fsp3) is 0.227. The lowest BCUT2D eigenvalue weighted by Gasteiger charge is -2.28. The molecule has 1 aliphatic heterocycles. The first-order valence-corrected chi connectivity index (χ1v) is 10.9. The van der Waals surface area contributed by atoms with Crippen molar-refractivity contribution in [2.24, 2.45) is 0 Å². The van der Waals surface area contributed by atoms with Gasteiger partial charge in [0.25, 0.3) is 5.91 Å². The monoisotopic (exact) mass is 457 g/mol. The number of amides is 1. The summed E-state index contributed by atoms with van der Waals surface area (Å²) >= 11 is 7.14. The molecule has 4 rings (SSSR count). The van der Waals surface area contributed by atoms with Crippen LogP contribution in [0, 0.1) is 0 Å². The molecule has 160 valence electrons. The van der Waals surface area contributed by atoms with E-state index in [9.17, 15) is 9.59 Å². The second-order valence-corrected chi connectivity index (χ2v) is 8.25. The van der Waals surface area contributed by atoms with Crippen molar-refractivity contribution in [1.29, 1.82) is 0 Å². The molecule has 3 aromatic rings. The number of benzene rings is 1. The topological polar surface area (TPSA) is 80.8 Å². The molecule has 9 heteroatoms. The van der Waals surface area contributed by atoms with Gasteiger partial charge in [-0.25, -0.2) is 9.78 Å². The number of carbonyl (C=O) groups is 2. The summed E-state index contributed by atoms with van der Waals surface area (Å²) in [4.78, 5) is 31.4. The van der Waals surface area contributed by atoms with Crippen LogP contribution in [-0.4, -0.2) is 49.8 Å². The summed E-state index contributed by atoms with van der Waals surface area (Å²) in [5.74, 6) is -0.681. The van der Waals surface area contributed by atoms with Gasteiger partial charge in [-0.1, -0.05) is 41.9 Å². The lowest BCUT2D eigenvalue weighted by Crippen LogP contribution is -2.35. The molecule has 0 atom stereocenters. The Balaban J connectivity index is 1.46. The first-order chi connectivity index (χ1) is 15.1. The second kappa shape index (κ2) is 9.91. The maximum Gasteiger partial charge on any atom is 0.348 e. The number of rotatable bonds is 6. The van der Waals surface area contributed by atoms with Crippen molar-refractivity contribution >= 4 is 45.6 Å². The van der Waals surface area contributed by atoms with Gasteiger partial charge in [-0.3, -0.25) is 4.79 Å². The molecule has 0 unspecified atom stereocenters. The van der Waals surface area contributed by atoms with E-state index in [4.69, 9.17) is 21.1 Å². The predicted octanol–water partition coefficient (Wildman–Crippen LogP) is 4.10. The van der Waals surface area contributed by atoms with E-state index in [1.54, 1.807) is 12.1 Å². The maximum absolute atomic E-state index is 12.7. The van der Waals surface area contributed by atoms with Crippen molar-refractivity contribution in [1.82, 2.24) is 4.98 Å². The van der Waals surface area contributed by atoms with Gasteiger partial charge in [0.2, 0.25) is 0 Å². The fourth-order valence-corrected chi connectivity index (χ4v) is 4.38. The summed E-state index contributed by atoms with van der Waals surface area (Å²) < 4.78 is 10.7. The lowest BCUT2D eigenvalue weighted by atomic mass is 10.1. The highest BCUT2D eigenvalue weighted by Crippen LogP contribution is 2.39. The first kappa shape index (κ1) is 21.3. The Morgan fingerprint density at radius 3 is 2.65 bits per heavy atom. The molecular formula is C22H20ClN3O4S. The summed E-state index contributed by atoms with van der Waals surface area (Å²) in [5, 5.41) is 4.03. The Bertz CT molecular complexity index is 1050. The second-order valence-electron chi connectivity index (χ2n) is 6.78. The van der Waals surface area contributed by atoms with Crippen LogP contribution in [0.1, 0.15) is 9.67 Å². The number of hydrogen-bond acceptors (Lipinski definition) is 7. The molecular weight excluding hydrogens is 438 g/mol. The van der Waals surface area contributed by atoms with Crippen LogP contribution in [0.15, 0.2) is 54.7 Å². The average molecular weight is 458 g/mol. The summed E-state index contributed by atoms with van der Waals surface area (Å²) in [7, 11) is 0. The Hall–Kier alpha value is -2.94. The standard InChI is InChI=1S/C22H20ClN3O4S/c23-16-6-7-19(24-13-16)25-20(27)14-30-22(28)18-12-17(15-4-2-1-3-5-15)21(31-18)26-8-10-29-11-9-26/h1-7,12-13H,8-11,14H2,(H,24,25,27). The zero-order valence-corrected chi connectivity index (χ0v) is 18.1. The van der Waals surface area contributed by atoms with Crippen LogP contribution < -0.4 is 10.2 Å². The Morgan fingerprint density at radius 1 is 1.16 bits per heavy atom. The van der Waals surface area contributed by atoms with Gasteiger partial charge in [-0.15, -0.1) is 11.3 Å². The van der Waals surface area contributed by atoms with Gasteiger partial charge >= 0.3 is 5.97 Å². The normalized spacial score (nSPS) is 13.6. The molecule has 0 radical (unpaired) electrons. The van der Waals surface area contributed by atoms with Gasteiger partial charge in [-0.05, 0) is 23.8 Å². The summed E-state index contributed by atoms with van der Waals surface area (Å²) in [6.07, 6.45) is 1.42.